The van der Waals surface area contributed by atoms with Crippen LogP contribution in [0, 0.1) is 0 Å². The Morgan fingerprint density at radius 2 is 1.91 bits per heavy atom. The van der Waals surface area contributed by atoms with Crippen molar-refractivity contribution in [1.82, 2.24) is 14.8 Å². The zero-order valence-corrected chi connectivity index (χ0v) is 13.6. The lowest BCUT2D eigenvalue weighted by Crippen LogP contribution is -2.45. The minimum atomic E-state index is 0.369. The second-order valence-corrected chi connectivity index (χ2v) is 6.90. The molecule has 1 aromatic carbocycles. The van der Waals surface area contributed by atoms with E-state index in [2.05, 4.69) is 69.8 Å². The molecular formula is C18H21N3S. The number of hydrogen-bond acceptors (Lipinski definition) is 3. The molecule has 1 aliphatic rings. The van der Waals surface area contributed by atoms with Crippen molar-refractivity contribution in [1.29, 1.82) is 0 Å². The van der Waals surface area contributed by atoms with Crippen molar-refractivity contribution < 1.29 is 0 Å². The molecule has 2 aromatic heterocycles. The summed E-state index contributed by atoms with van der Waals surface area (Å²) in [6.07, 6.45) is 2.32. The summed E-state index contributed by atoms with van der Waals surface area (Å²) >= 11 is 1.87. The van der Waals surface area contributed by atoms with E-state index in [0.29, 0.717) is 6.04 Å². The molecule has 0 spiro atoms. The van der Waals surface area contributed by atoms with E-state index in [1.54, 1.807) is 0 Å². The lowest BCUT2D eigenvalue weighted by molar-refractivity contribution is 0.201. The van der Waals surface area contributed by atoms with Crippen LogP contribution in [0.15, 0.2) is 48.0 Å². The number of rotatable bonds is 3. The van der Waals surface area contributed by atoms with Gasteiger partial charge in [-0.1, -0.05) is 24.3 Å². The maximum atomic E-state index is 3.47. The van der Waals surface area contributed by atoms with Gasteiger partial charge in [0.25, 0.3) is 0 Å². The summed E-state index contributed by atoms with van der Waals surface area (Å²) < 4.78 is 2.26. The van der Waals surface area contributed by atoms with E-state index >= 15 is 0 Å². The van der Waals surface area contributed by atoms with E-state index in [1.807, 2.05) is 11.3 Å². The van der Waals surface area contributed by atoms with E-state index < -0.39 is 0 Å². The summed E-state index contributed by atoms with van der Waals surface area (Å²) in [5, 5.41) is 7.03. The lowest BCUT2D eigenvalue weighted by Gasteiger charge is -2.34. The van der Waals surface area contributed by atoms with Gasteiger partial charge in [-0.15, -0.1) is 11.3 Å². The molecular weight excluding hydrogens is 290 g/mol. The normalized spacial score (nSPS) is 17.9. The van der Waals surface area contributed by atoms with Crippen LogP contribution in [0.25, 0.3) is 10.9 Å². The summed E-state index contributed by atoms with van der Waals surface area (Å²) in [4.78, 5) is 4.06. The predicted molar refractivity (Wildman–Crippen MR) is 93.5 cm³/mol. The highest BCUT2D eigenvalue weighted by Gasteiger charge is 2.27. The lowest BCUT2D eigenvalue weighted by atomic mass is 10.0. The van der Waals surface area contributed by atoms with Gasteiger partial charge in [-0.05, 0) is 17.5 Å². The predicted octanol–water partition coefficient (Wildman–Crippen LogP) is 3.23. The van der Waals surface area contributed by atoms with E-state index in [9.17, 15) is 0 Å². The summed E-state index contributed by atoms with van der Waals surface area (Å²) in [6.45, 7) is 4.36. The molecule has 114 valence electrons. The van der Waals surface area contributed by atoms with Gasteiger partial charge in [-0.3, -0.25) is 4.90 Å². The van der Waals surface area contributed by atoms with Crippen molar-refractivity contribution >= 4 is 22.2 Å². The Morgan fingerprint density at radius 3 is 2.68 bits per heavy atom. The monoisotopic (exact) mass is 311 g/mol. The Kier molecular flexibility index (Phi) is 3.74. The minimum Gasteiger partial charge on any atom is -0.350 e. The summed E-state index contributed by atoms with van der Waals surface area (Å²) in [7, 11) is 2.15. The van der Waals surface area contributed by atoms with Crippen molar-refractivity contribution in [3.05, 3.63) is 58.4 Å². The van der Waals surface area contributed by atoms with Crippen LogP contribution in [0.3, 0.4) is 0 Å². The Balaban J connectivity index is 1.85. The molecule has 0 aliphatic carbocycles. The molecule has 1 saturated heterocycles. The van der Waals surface area contributed by atoms with Gasteiger partial charge in [-0.25, -0.2) is 0 Å². The first kappa shape index (κ1) is 14.0. The first-order valence-corrected chi connectivity index (χ1v) is 8.74. The fraction of sp³-hybridized carbons (Fsp3) is 0.333. The van der Waals surface area contributed by atoms with Crippen molar-refractivity contribution in [3.63, 3.8) is 0 Å². The number of aryl methyl sites for hydroxylation is 1. The molecule has 1 fully saturated rings. The molecule has 1 N–H and O–H groups in total. The smallest absolute Gasteiger partial charge is 0.0717 e. The number of hydrogen-bond donors (Lipinski definition) is 1. The second-order valence-electron chi connectivity index (χ2n) is 5.92. The van der Waals surface area contributed by atoms with Gasteiger partial charge in [0.2, 0.25) is 0 Å². The fourth-order valence-corrected chi connectivity index (χ4v) is 4.38. The molecule has 4 heteroatoms. The summed E-state index contributed by atoms with van der Waals surface area (Å²) in [5.74, 6) is 0. The molecule has 1 atom stereocenters. The number of fused-ring (bicyclic) bond motifs is 1. The molecule has 0 bridgehead atoms. The highest BCUT2D eigenvalue weighted by molar-refractivity contribution is 7.10. The van der Waals surface area contributed by atoms with Gasteiger partial charge in [-0.2, -0.15) is 0 Å². The minimum absolute atomic E-state index is 0.369. The molecule has 0 saturated carbocycles. The van der Waals surface area contributed by atoms with Crippen LogP contribution in [-0.2, 0) is 7.05 Å². The highest BCUT2D eigenvalue weighted by Crippen LogP contribution is 2.36. The van der Waals surface area contributed by atoms with Crippen LogP contribution in [0.5, 0.6) is 0 Å². The van der Waals surface area contributed by atoms with E-state index in [0.717, 1.165) is 26.2 Å². The molecule has 1 aliphatic heterocycles. The van der Waals surface area contributed by atoms with Gasteiger partial charge < -0.3 is 9.88 Å². The van der Waals surface area contributed by atoms with Crippen molar-refractivity contribution in [2.45, 2.75) is 6.04 Å². The van der Waals surface area contributed by atoms with Crippen LogP contribution in [-0.4, -0.2) is 35.6 Å². The maximum Gasteiger partial charge on any atom is 0.0717 e. The van der Waals surface area contributed by atoms with Gasteiger partial charge in [0.1, 0.15) is 0 Å². The number of nitrogens with one attached hydrogen (secondary N) is 1. The highest BCUT2D eigenvalue weighted by atomic mass is 32.1. The zero-order chi connectivity index (χ0) is 14.9. The Bertz CT molecular complexity index is 754. The van der Waals surface area contributed by atoms with E-state index in [4.69, 9.17) is 0 Å². The quantitative estimate of drug-likeness (QED) is 0.801. The largest absolute Gasteiger partial charge is 0.350 e. The molecule has 4 rings (SSSR count). The number of aromatic nitrogens is 1. The number of piperazine rings is 1. The molecule has 0 unspecified atom stereocenters. The number of benzene rings is 1. The molecule has 3 nitrogen and oxygen atoms in total. The summed E-state index contributed by atoms with van der Waals surface area (Å²) in [6, 6.07) is 13.6. The van der Waals surface area contributed by atoms with Crippen LogP contribution in [0.1, 0.15) is 16.5 Å². The number of thiophene rings is 1. The van der Waals surface area contributed by atoms with Crippen LogP contribution >= 0.6 is 11.3 Å². The third-order valence-electron chi connectivity index (χ3n) is 4.55. The molecule has 3 aromatic rings. The first-order valence-electron chi connectivity index (χ1n) is 7.87. The SMILES string of the molecule is Cn1cc([C@@H](c2cccs2)N2CCNCC2)c2ccccc21. The Hall–Kier alpha value is -1.62. The average Bonchev–Trinajstić information content (AvgIpc) is 3.19. The average molecular weight is 311 g/mol. The zero-order valence-electron chi connectivity index (χ0n) is 12.8. The van der Waals surface area contributed by atoms with Gasteiger partial charge in [0.05, 0.1) is 6.04 Å². The van der Waals surface area contributed by atoms with Crippen LogP contribution in [0.4, 0.5) is 0 Å². The topological polar surface area (TPSA) is 20.2 Å². The Morgan fingerprint density at radius 1 is 1.09 bits per heavy atom. The van der Waals surface area contributed by atoms with Crippen LogP contribution < -0.4 is 5.32 Å². The third-order valence-corrected chi connectivity index (χ3v) is 5.48. The molecule has 0 amide bonds. The molecule has 22 heavy (non-hydrogen) atoms. The van der Waals surface area contributed by atoms with Gasteiger partial charge >= 0.3 is 0 Å². The molecule has 0 radical (unpaired) electrons. The number of para-hydroxylation sites is 1. The Labute approximate surface area is 135 Å². The van der Waals surface area contributed by atoms with Gasteiger partial charge in [0, 0.05) is 60.8 Å². The van der Waals surface area contributed by atoms with E-state index in [-0.39, 0.29) is 0 Å². The molecule has 3 heterocycles. The third kappa shape index (κ3) is 2.37. The van der Waals surface area contributed by atoms with Gasteiger partial charge in [0.15, 0.2) is 0 Å². The first-order chi connectivity index (χ1) is 10.8. The van der Waals surface area contributed by atoms with E-state index in [1.165, 1.54) is 21.3 Å². The van der Waals surface area contributed by atoms with Crippen molar-refractivity contribution in [2.24, 2.45) is 7.05 Å². The van der Waals surface area contributed by atoms with Crippen molar-refractivity contribution in [2.75, 3.05) is 26.2 Å². The standard InChI is InChI=1S/C18H21N3S/c1-20-13-15(14-5-2-3-6-16(14)20)18(17-7-4-12-22-17)21-10-8-19-9-11-21/h2-7,12-13,18-19H,8-11H2,1H3/t18-/m0/s1. The maximum absolute atomic E-state index is 3.47. The second kappa shape index (κ2) is 5.88. The van der Waals surface area contributed by atoms with Crippen molar-refractivity contribution in [3.8, 4) is 0 Å². The number of nitrogens with zero attached hydrogens (tertiary/aromatic N) is 2. The summed E-state index contributed by atoms with van der Waals surface area (Å²) in [5.41, 5.74) is 2.75. The fourth-order valence-electron chi connectivity index (χ4n) is 3.51. The van der Waals surface area contributed by atoms with Crippen LogP contribution in [0.2, 0.25) is 0 Å².